The number of aromatic hydroxyl groups is 1. The molecule has 4 aromatic rings. The molecule has 8 nitrogen and oxygen atoms in total. The average Bonchev–Trinajstić information content (AvgIpc) is 3.47. The summed E-state index contributed by atoms with van der Waals surface area (Å²) in [7, 11) is 1.78. The molecule has 1 aromatic carbocycles. The van der Waals surface area contributed by atoms with Gasteiger partial charge in [-0.2, -0.15) is 0 Å². The molecular weight excluding hydrogens is 358 g/mol. The zero-order valence-corrected chi connectivity index (χ0v) is 15.1. The van der Waals surface area contributed by atoms with Crippen molar-refractivity contribution in [2.45, 2.75) is 12.8 Å². The lowest BCUT2D eigenvalue weighted by molar-refractivity contribution is -0.117. The number of hydrogen-bond donors (Lipinski definition) is 3. The van der Waals surface area contributed by atoms with Crippen LogP contribution in [0, 0.1) is 5.92 Å². The third-order valence-electron chi connectivity index (χ3n) is 4.81. The van der Waals surface area contributed by atoms with E-state index in [-0.39, 0.29) is 17.6 Å². The van der Waals surface area contributed by atoms with E-state index < -0.39 is 0 Å². The van der Waals surface area contributed by atoms with Crippen molar-refractivity contribution in [3.05, 3.63) is 36.7 Å². The quantitative estimate of drug-likeness (QED) is 0.500. The van der Waals surface area contributed by atoms with Crippen molar-refractivity contribution in [2.75, 3.05) is 17.7 Å². The normalized spacial score (nSPS) is 13.8. The molecule has 0 aliphatic heterocycles. The number of aromatic nitrogens is 3. The van der Waals surface area contributed by atoms with Crippen LogP contribution in [0.25, 0.3) is 33.3 Å². The van der Waals surface area contributed by atoms with Crippen LogP contribution in [0.15, 0.2) is 41.1 Å². The molecular formula is C20H17N5O3. The molecule has 5 rings (SSSR count). The summed E-state index contributed by atoms with van der Waals surface area (Å²) in [4.78, 5) is 25.4. The fourth-order valence-corrected chi connectivity index (χ4v) is 3.18. The Morgan fingerprint density at radius 3 is 2.82 bits per heavy atom. The van der Waals surface area contributed by atoms with Gasteiger partial charge in [-0.3, -0.25) is 4.79 Å². The standard InChI is InChI=1S/C20H17N5O3/c1-21-18-13-8-22-17(25-19(27)10-2-3-10)7-12(13)14(9-23-18)20-24-15-6-11(26)4-5-16(15)28-20/h4-10,26H,2-3H2,1H3,(H,21,23)(H,22,25,27). The molecule has 1 amide bonds. The number of nitrogens with one attached hydrogen (secondary N) is 2. The van der Waals surface area contributed by atoms with Gasteiger partial charge in [-0.05, 0) is 31.0 Å². The highest BCUT2D eigenvalue weighted by Gasteiger charge is 2.30. The van der Waals surface area contributed by atoms with E-state index >= 15 is 0 Å². The van der Waals surface area contributed by atoms with Crippen LogP contribution in [0.1, 0.15) is 12.8 Å². The van der Waals surface area contributed by atoms with Gasteiger partial charge in [0.1, 0.15) is 22.9 Å². The predicted molar refractivity (Wildman–Crippen MR) is 105 cm³/mol. The minimum atomic E-state index is -0.00589. The number of phenols is 1. The number of hydrogen-bond acceptors (Lipinski definition) is 7. The number of rotatable bonds is 4. The number of fused-ring (bicyclic) bond motifs is 2. The van der Waals surface area contributed by atoms with Crippen molar-refractivity contribution in [2.24, 2.45) is 5.92 Å². The second-order valence-corrected chi connectivity index (χ2v) is 6.82. The lowest BCUT2D eigenvalue weighted by Crippen LogP contribution is -2.14. The number of carbonyl (C=O) groups excluding carboxylic acids is 1. The van der Waals surface area contributed by atoms with Gasteiger partial charge in [0.15, 0.2) is 5.58 Å². The Balaban J connectivity index is 1.66. The highest BCUT2D eigenvalue weighted by Crippen LogP contribution is 2.35. The van der Waals surface area contributed by atoms with Crippen LogP contribution >= 0.6 is 0 Å². The second kappa shape index (κ2) is 6.19. The van der Waals surface area contributed by atoms with E-state index in [1.807, 2.05) is 0 Å². The van der Waals surface area contributed by atoms with Crippen LogP contribution in [0.4, 0.5) is 11.6 Å². The summed E-state index contributed by atoms with van der Waals surface area (Å²) < 4.78 is 5.87. The number of oxazole rings is 1. The molecule has 0 radical (unpaired) electrons. The van der Waals surface area contributed by atoms with E-state index in [4.69, 9.17) is 4.42 Å². The van der Waals surface area contributed by atoms with Crippen molar-refractivity contribution < 1.29 is 14.3 Å². The summed E-state index contributed by atoms with van der Waals surface area (Å²) in [5.74, 6) is 1.73. The van der Waals surface area contributed by atoms with Crippen molar-refractivity contribution in [3.63, 3.8) is 0 Å². The summed E-state index contributed by atoms with van der Waals surface area (Å²) in [6, 6.07) is 6.57. The molecule has 0 spiro atoms. The van der Waals surface area contributed by atoms with Crippen molar-refractivity contribution in [3.8, 4) is 17.2 Å². The highest BCUT2D eigenvalue weighted by atomic mass is 16.3. The van der Waals surface area contributed by atoms with Gasteiger partial charge in [-0.1, -0.05) is 0 Å². The van der Waals surface area contributed by atoms with Crippen molar-refractivity contribution in [1.29, 1.82) is 0 Å². The van der Waals surface area contributed by atoms with Gasteiger partial charge in [0.05, 0.1) is 5.56 Å². The van der Waals surface area contributed by atoms with Crippen molar-refractivity contribution >= 4 is 39.4 Å². The van der Waals surface area contributed by atoms with Crippen molar-refractivity contribution in [1.82, 2.24) is 15.0 Å². The molecule has 3 heterocycles. The third-order valence-corrected chi connectivity index (χ3v) is 4.81. The van der Waals surface area contributed by atoms with Gasteiger partial charge in [0, 0.05) is 42.2 Å². The number of phenolic OH excluding ortho intramolecular Hbond substituents is 1. The highest BCUT2D eigenvalue weighted by molar-refractivity contribution is 6.03. The zero-order chi connectivity index (χ0) is 19.3. The number of pyridine rings is 2. The Hall–Kier alpha value is -3.68. The Morgan fingerprint density at radius 2 is 2.04 bits per heavy atom. The molecule has 3 aromatic heterocycles. The van der Waals surface area contributed by atoms with E-state index in [0.717, 1.165) is 23.6 Å². The minimum Gasteiger partial charge on any atom is -0.508 e. The van der Waals surface area contributed by atoms with Crippen LogP contribution < -0.4 is 10.6 Å². The molecule has 1 aliphatic carbocycles. The van der Waals surface area contributed by atoms with Gasteiger partial charge in [0.2, 0.25) is 11.8 Å². The fourth-order valence-electron chi connectivity index (χ4n) is 3.18. The van der Waals surface area contributed by atoms with Crippen LogP contribution in [0.5, 0.6) is 5.75 Å². The van der Waals surface area contributed by atoms with Crippen LogP contribution in [0.2, 0.25) is 0 Å². The number of nitrogens with zero attached hydrogens (tertiary/aromatic N) is 3. The lowest BCUT2D eigenvalue weighted by atomic mass is 10.1. The van der Waals surface area contributed by atoms with E-state index in [2.05, 4.69) is 25.6 Å². The number of benzene rings is 1. The number of carbonyl (C=O) groups is 1. The Bertz CT molecular complexity index is 1230. The molecule has 8 heteroatoms. The largest absolute Gasteiger partial charge is 0.508 e. The zero-order valence-electron chi connectivity index (χ0n) is 15.1. The average molecular weight is 375 g/mol. The van der Waals surface area contributed by atoms with Gasteiger partial charge < -0.3 is 20.2 Å². The summed E-state index contributed by atoms with van der Waals surface area (Å²) >= 11 is 0. The van der Waals surface area contributed by atoms with Crippen LogP contribution in [0.3, 0.4) is 0 Å². The number of anilines is 2. The van der Waals surface area contributed by atoms with Gasteiger partial charge in [-0.25, -0.2) is 15.0 Å². The smallest absolute Gasteiger partial charge is 0.229 e. The second-order valence-electron chi connectivity index (χ2n) is 6.82. The van der Waals surface area contributed by atoms with E-state index in [1.165, 1.54) is 0 Å². The topological polar surface area (TPSA) is 113 Å². The molecule has 140 valence electrons. The molecule has 1 saturated carbocycles. The molecule has 1 aliphatic rings. The lowest BCUT2D eigenvalue weighted by Gasteiger charge is -2.10. The van der Waals surface area contributed by atoms with Crippen LogP contribution in [-0.4, -0.2) is 33.0 Å². The van der Waals surface area contributed by atoms with Crippen LogP contribution in [-0.2, 0) is 4.79 Å². The first-order valence-electron chi connectivity index (χ1n) is 8.99. The maximum absolute atomic E-state index is 12.1. The predicted octanol–water partition coefficient (Wildman–Crippen LogP) is 3.53. The molecule has 0 atom stereocenters. The maximum Gasteiger partial charge on any atom is 0.229 e. The molecule has 0 saturated heterocycles. The molecule has 3 N–H and O–H groups in total. The Kier molecular flexibility index (Phi) is 3.65. The van der Waals surface area contributed by atoms with E-state index in [9.17, 15) is 9.90 Å². The first-order chi connectivity index (χ1) is 13.6. The summed E-state index contributed by atoms with van der Waals surface area (Å²) in [5, 5.41) is 17.2. The molecule has 28 heavy (non-hydrogen) atoms. The Morgan fingerprint density at radius 1 is 1.18 bits per heavy atom. The summed E-state index contributed by atoms with van der Waals surface area (Å²) in [6.45, 7) is 0. The van der Waals surface area contributed by atoms with Gasteiger partial charge >= 0.3 is 0 Å². The van der Waals surface area contributed by atoms with Gasteiger partial charge in [0.25, 0.3) is 0 Å². The monoisotopic (exact) mass is 375 g/mol. The van der Waals surface area contributed by atoms with E-state index in [1.54, 1.807) is 43.7 Å². The Labute approximate surface area is 159 Å². The maximum atomic E-state index is 12.1. The number of amides is 1. The van der Waals surface area contributed by atoms with E-state index in [0.29, 0.717) is 34.2 Å². The molecule has 0 unspecified atom stereocenters. The first kappa shape index (κ1) is 16.5. The first-order valence-corrected chi connectivity index (χ1v) is 8.99. The summed E-state index contributed by atoms with van der Waals surface area (Å²) in [6.07, 6.45) is 5.20. The molecule has 0 bridgehead atoms. The molecule has 1 fully saturated rings. The fraction of sp³-hybridized carbons (Fsp3) is 0.200. The SMILES string of the molecule is CNc1ncc(-c2nc3cc(O)ccc3o2)c2cc(NC(=O)C3CC3)ncc12. The third kappa shape index (κ3) is 2.79. The van der Waals surface area contributed by atoms with Gasteiger partial charge in [-0.15, -0.1) is 0 Å². The minimum absolute atomic E-state index is 0.00589. The summed E-state index contributed by atoms with van der Waals surface area (Å²) in [5.41, 5.74) is 1.79.